The standard InChI is InChI=1S/C12H21NO4/c1-11(2,3)17-10(15)12(16-4)7-5-6-8-13(12)9-14/h9H,5-8H2,1-4H3. The maximum Gasteiger partial charge on any atom is 0.360 e. The van der Waals surface area contributed by atoms with Gasteiger partial charge in [0.2, 0.25) is 12.1 Å². The summed E-state index contributed by atoms with van der Waals surface area (Å²) in [4.78, 5) is 24.6. The quantitative estimate of drug-likeness (QED) is 0.554. The fourth-order valence-electron chi connectivity index (χ4n) is 1.99. The monoisotopic (exact) mass is 243 g/mol. The lowest BCUT2D eigenvalue weighted by atomic mass is 9.98. The van der Waals surface area contributed by atoms with E-state index in [-0.39, 0.29) is 0 Å². The molecule has 1 aliphatic heterocycles. The number of esters is 1. The molecule has 0 bridgehead atoms. The molecule has 1 rings (SSSR count). The fraction of sp³-hybridized carbons (Fsp3) is 0.833. The third-order valence-electron chi connectivity index (χ3n) is 2.81. The largest absolute Gasteiger partial charge is 0.456 e. The summed E-state index contributed by atoms with van der Waals surface area (Å²) in [7, 11) is 1.44. The molecular formula is C12H21NO4. The van der Waals surface area contributed by atoms with E-state index in [1.807, 2.05) is 0 Å². The first-order valence-corrected chi connectivity index (χ1v) is 5.86. The van der Waals surface area contributed by atoms with Crippen molar-refractivity contribution < 1.29 is 19.1 Å². The van der Waals surface area contributed by atoms with E-state index in [0.717, 1.165) is 12.8 Å². The minimum Gasteiger partial charge on any atom is -0.456 e. The van der Waals surface area contributed by atoms with Crippen molar-refractivity contribution in [2.75, 3.05) is 13.7 Å². The molecule has 0 aromatic rings. The van der Waals surface area contributed by atoms with Crippen LogP contribution in [0.25, 0.3) is 0 Å². The Labute approximate surface area is 102 Å². The second-order valence-electron chi connectivity index (χ2n) is 5.25. The number of ether oxygens (including phenoxy) is 2. The van der Waals surface area contributed by atoms with E-state index in [4.69, 9.17) is 9.47 Å². The van der Waals surface area contributed by atoms with Gasteiger partial charge in [-0.1, -0.05) is 0 Å². The lowest BCUT2D eigenvalue weighted by molar-refractivity contribution is -0.211. The van der Waals surface area contributed by atoms with Crippen molar-refractivity contribution in [1.82, 2.24) is 4.90 Å². The second kappa shape index (κ2) is 5.04. The molecular weight excluding hydrogens is 222 g/mol. The second-order valence-corrected chi connectivity index (χ2v) is 5.25. The van der Waals surface area contributed by atoms with Gasteiger partial charge in [-0.25, -0.2) is 4.79 Å². The van der Waals surface area contributed by atoms with Crippen molar-refractivity contribution in [2.24, 2.45) is 0 Å². The van der Waals surface area contributed by atoms with Gasteiger partial charge in [0.15, 0.2) is 0 Å². The SMILES string of the molecule is COC1(C(=O)OC(C)(C)C)CCCCN1C=O. The van der Waals surface area contributed by atoms with Gasteiger partial charge >= 0.3 is 5.97 Å². The minimum atomic E-state index is -1.24. The van der Waals surface area contributed by atoms with Gasteiger partial charge in [0.05, 0.1) is 0 Å². The maximum atomic E-state index is 12.2. The van der Waals surface area contributed by atoms with Crippen molar-refractivity contribution in [1.29, 1.82) is 0 Å². The summed E-state index contributed by atoms with van der Waals surface area (Å²) in [5.74, 6) is -0.487. The summed E-state index contributed by atoms with van der Waals surface area (Å²) in [5, 5.41) is 0. The molecule has 0 aromatic heterocycles. The van der Waals surface area contributed by atoms with Crippen molar-refractivity contribution in [3.8, 4) is 0 Å². The number of carbonyl (C=O) groups excluding carboxylic acids is 2. The Balaban J connectivity index is 2.92. The Hall–Kier alpha value is -1.10. The molecule has 5 heteroatoms. The Morgan fingerprint density at radius 3 is 2.47 bits per heavy atom. The molecule has 1 fully saturated rings. The average molecular weight is 243 g/mol. The predicted octanol–water partition coefficient (Wildman–Crippen LogP) is 1.31. The zero-order valence-electron chi connectivity index (χ0n) is 11.0. The predicted molar refractivity (Wildman–Crippen MR) is 62.2 cm³/mol. The molecule has 98 valence electrons. The van der Waals surface area contributed by atoms with E-state index in [2.05, 4.69) is 0 Å². The zero-order chi connectivity index (χ0) is 13.1. The number of amides is 1. The van der Waals surface area contributed by atoms with Gasteiger partial charge < -0.3 is 14.4 Å². The van der Waals surface area contributed by atoms with E-state index in [1.165, 1.54) is 12.0 Å². The van der Waals surface area contributed by atoms with Crippen LogP contribution in [0.5, 0.6) is 0 Å². The molecule has 1 saturated heterocycles. The van der Waals surface area contributed by atoms with E-state index >= 15 is 0 Å². The van der Waals surface area contributed by atoms with Crippen LogP contribution >= 0.6 is 0 Å². The van der Waals surface area contributed by atoms with Crippen LogP contribution in [-0.2, 0) is 19.1 Å². The Bertz CT molecular complexity index is 297. The molecule has 5 nitrogen and oxygen atoms in total. The number of piperidine rings is 1. The molecule has 0 aromatic carbocycles. The highest BCUT2D eigenvalue weighted by molar-refractivity contribution is 5.82. The Kier molecular flexibility index (Phi) is 4.14. The van der Waals surface area contributed by atoms with E-state index in [9.17, 15) is 9.59 Å². The zero-order valence-corrected chi connectivity index (χ0v) is 11.0. The third kappa shape index (κ3) is 2.97. The highest BCUT2D eigenvalue weighted by Crippen LogP contribution is 2.30. The molecule has 0 saturated carbocycles. The Morgan fingerprint density at radius 1 is 1.35 bits per heavy atom. The van der Waals surface area contributed by atoms with Gasteiger partial charge in [-0.2, -0.15) is 0 Å². The molecule has 1 atom stereocenters. The van der Waals surface area contributed by atoms with Crippen LogP contribution in [0.1, 0.15) is 40.0 Å². The van der Waals surface area contributed by atoms with Crippen molar-refractivity contribution in [2.45, 2.75) is 51.4 Å². The van der Waals surface area contributed by atoms with E-state index in [0.29, 0.717) is 19.4 Å². The van der Waals surface area contributed by atoms with Gasteiger partial charge in [-0.05, 0) is 33.6 Å². The summed E-state index contributed by atoms with van der Waals surface area (Å²) in [6, 6.07) is 0. The van der Waals surface area contributed by atoms with E-state index < -0.39 is 17.3 Å². The van der Waals surface area contributed by atoms with Crippen molar-refractivity contribution in [3.05, 3.63) is 0 Å². The normalized spacial score (nSPS) is 25.5. The third-order valence-corrected chi connectivity index (χ3v) is 2.81. The smallest absolute Gasteiger partial charge is 0.360 e. The van der Waals surface area contributed by atoms with Gasteiger partial charge in [-0.3, -0.25) is 4.79 Å². The van der Waals surface area contributed by atoms with Gasteiger partial charge in [0.1, 0.15) is 5.60 Å². The van der Waals surface area contributed by atoms with Crippen molar-refractivity contribution >= 4 is 12.4 Å². The summed E-state index contributed by atoms with van der Waals surface area (Å²) >= 11 is 0. The Morgan fingerprint density at radius 2 is 2.00 bits per heavy atom. The summed E-state index contributed by atoms with van der Waals surface area (Å²) in [6.07, 6.45) is 2.87. The van der Waals surface area contributed by atoms with Crippen LogP contribution in [0.15, 0.2) is 0 Å². The first-order chi connectivity index (χ1) is 7.85. The molecule has 1 heterocycles. The molecule has 0 N–H and O–H groups in total. The van der Waals surface area contributed by atoms with Gasteiger partial charge in [-0.15, -0.1) is 0 Å². The number of methoxy groups -OCH3 is 1. The molecule has 0 radical (unpaired) electrons. The molecule has 1 aliphatic rings. The number of hydrogen-bond donors (Lipinski definition) is 0. The van der Waals surface area contributed by atoms with E-state index in [1.54, 1.807) is 20.8 Å². The summed E-state index contributed by atoms with van der Waals surface area (Å²) in [5.41, 5.74) is -1.83. The minimum absolute atomic E-state index is 0.483. The van der Waals surface area contributed by atoms with Crippen molar-refractivity contribution in [3.63, 3.8) is 0 Å². The van der Waals surface area contributed by atoms with Crippen LogP contribution in [0.2, 0.25) is 0 Å². The van der Waals surface area contributed by atoms with Crippen LogP contribution < -0.4 is 0 Å². The number of carbonyl (C=O) groups is 2. The van der Waals surface area contributed by atoms with Gasteiger partial charge in [0, 0.05) is 20.1 Å². The number of nitrogens with zero attached hydrogens (tertiary/aromatic N) is 1. The molecule has 17 heavy (non-hydrogen) atoms. The molecule has 0 spiro atoms. The van der Waals surface area contributed by atoms with Crippen LogP contribution in [0, 0.1) is 0 Å². The van der Waals surface area contributed by atoms with Crippen LogP contribution in [-0.4, -0.2) is 42.3 Å². The lowest BCUT2D eigenvalue weighted by Gasteiger charge is -2.42. The average Bonchev–Trinajstić information content (AvgIpc) is 2.26. The first-order valence-electron chi connectivity index (χ1n) is 5.86. The number of rotatable bonds is 3. The van der Waals surface area contributed by atoms with Crippen LogP contribution in [0.3, 0.4) is 0 Å². The molecule has 1 amide bonds. The van der Waals surface area contributed by atoms with Crippen LogP contribution in [0.4, 0.5) is 0 Å². The highest BCUT2D eigenvalue weighted by atomic mass is 16.6. The first kappa shape index (κ1) is 14.0. The molecule has 1 unspecified atom stereocenters. The molecule has 0 aliphatic carbocycles. The number of hydrogen-bond acceptors (Lipinski definition) is 4. The highest BCUT2D eigenvalue weighted by Gasteiger charge is 2.48. The fourth-order valence-corrected chi connectivity index (χ4v) is 1.99. The lowest BCUT2D eigenvalue weighted by Crippen LogP contribution is -2.59. The number of likely N-dealkylation sites (tertiary alicyclic amines) is 1. The summed E-state index contributed by atoms with van der Waals surface area (Å²) < 4.78 is 10.6. The van der Waals surface area contributed by atoms with Gasteiger partial charge in [0.25, 0.3) is 0 Å². The summed E-state index contributed by atoms with van der Waals surface area (Å²) in [6.45, 7) is 5.91. The maximum absolute atomic E-state index is 12.2. The topological polar surface area (TPSA) is 55.8 Å².